The summed E-state index contributed by atoms with van der Waals surface area (Å²) in [6.45, 7) is 3.25. The van der Waals surface area contributed by atoms with E-state index in [9.17, 15) is 4.79 Å². The van der Waals surface area contributed by atoms with Crippen molar-refractivity contribution in [1.82, 2.24) is 0 Å². The first-order chi connectivity index (χ1) is 9.79. The van der Waals surface area contributed by atoms with Crippen molar-refractivity contribution < 1.29 is 14.3 Å². The summed E-state index contributed by atoms with van der Waals surface area (Å²) >= 11 is 0. The van der Waals surface area contributed by atoms with Gasteiger partial charge in [-0.2, -0.15) is 0 Å². The normalized spacial score (nSPS) is 22.4. The zero-order valence-corrected chi connectivity index (χ0v) is 12.2. The molecule has 0 radical (unpaired) electrons. The molecule has 0 aromatic heterocycles. The van der Waals surface area contributed by atoms with Crippen LogP contribution in [0.15, 0.2) is 30.3 Å². The Morgan fingerprint density at radius 3 is 2.80 bits per heavy atom. The smallest absolute Gasteiger partial charge is 0.164 e. The third-order valence-electron chi connectivity index (χ3n) is 3.63. The predicted molar refractivity (Wildman–Crippen MR) is 78.5 cm³/mol. The Morgan fingerprint density at radius 2 is 2.05 bits per heavy atom. The first-order valence-electron chi connectivity index (χ1n) is 7.59. The standard InChI is InChI=1S/C17H24O3/c1-2-3-5-10-17-16(18)11-15(20-17)13-19-12-14-8-6-4-7-9-14/h4,6-9,15,17H,2-3,5,10-13H2,1H3/t15-,17+/m1/s1. The Morgan fingerprint density at radius 1 is 1.25 bits per heavy atom. The molecular formula is C17H24O3. The number of Topliss-reactive ketones (excluding diaryl/α,β-unsaturated/α-hetero) is 1. The minimum Gasteiger partial charge on any atom is -0.374 e. The van der Waals surface area contributed by atoms with Gasteiger partial charge in [0, 0.05) is 6.42 Å². The molecule has 0 aliphatic carbocycles. The number of unbranched alkanes of at least 4 members (excludes halogenated alkanes) is 2. The van der Waals surface area contributed by atoms with Gasteiger partial charge in [-0.1, -0.05) is 56.5 Å². The lowest BCUT2D eigenvalue weighted by Gasteiger charge is -2.12. The monoisotopic (exact) mass is 276 g/mol. The largest absolute Gasteiger partial charge is 0.374 e. The summed E-state index contributed by atoms with van der Waals surface area (Å²) in [6.07, 6.45) is 4.54. The fourth-order valence-corrected chi connectivity index (χ4v) is 2.50. The second kappa shape index (κ2) is 8.18. The number of carbonyl (C=O) groups is 1. The number of ether oxygens (including phenoxy) is 2. The van der Waals surface area contributed by atoms with Crippen molar-refractivity contribution in [2.75, 3.05) is 6.61 Å². The van der Waals surface area contributed by atoms with E-state index in [4.69, 9.17) is 9.47 Å². The third-order valence-corrected chi connectivity index (χ3v) is 3.63. The number of ketones is 1. The van der Waals surface area contributed by atoms with E-state index in [1.54, 1.807) is 0 Å². The van der Waals surface area contributed by atoms with Crippen LogP contribution in [0, 0.1) is 0 Å². The molecule has 0 spiro atoms. The predicted octanol–water partition coefficient (Wildman–Crippen LogP) is 3.51. The Labute approximate surface area is 121 Å². The maximum Gasteiger partial charge on any atom is 0.164 e. The van der Waals surface area contributed by atoms with Crippen LogP contribution in [-0.2, 0) is 20.9 Å². The second-order valence-corrected chi connectivity index (χ2v) is 5.41. The highest BCUT2D eigenvalue weighted by Gasteiger charge is 2.32. The highest BCUT2D eigenvalue weighted by molar-refractivity contribution is 5.85. The number of hydrogen-bond acceptors (Lipinski definition) is 3. The van der Waals surface area contributed by atoms with Crippen LogP contribution in [0.25, 0.3) is 0 Å². The first-order valence-corrected chi connectivity index (χ1v) is 7.59. The Kier molecular flexibility index (Phi) is 6.22. The topological polar surface area (TPSA) is 35.5 Å². The van der Waals surface area contributed by atoms with Gasteiger partial charge in [-0.15, -0.1) is 0 Å². The lowest BCUT2D eigenvalue weighted by atomic mass is 10.1. The molecule has 2 rings (SSSR count). The molecule has 1 aromatic carbocycles. The lowest BCUT2D eigenvalue weighted by molar-refractivity contribution is -0.123. The van der Waals surface area contributed by atoms with E-state index < -0.39 is 0 Å². The van der Waals surface area contributed by atoms with Gasteiger partial charge in [-0.25, -0.2) is 0 Å². The van der Waals surface area contributed by atoms with E-state index in [1.807, 2.05) is 30.3 Å². The molecule has 20 heavy (non-hydrogen) atoms. The van der Waals surface area contributed by atoms with Crippen molar-refractivity contribution in [2.24, 2.45) is 0 Å². The summed E-state index contributed by atoms with van der Waals surface area (Å²) in [6, 6.07) is 10.1. The first kappa shape index (κ1) is 15.2. The highest BCUT2D eigenvalue weighted by atomic mass is 16.5. The van der Waals surface area contributed by atoms with E-state index in [-0.39, 0.29) is 18.0 Å². The molecule has 0 N–H and O–H groups in total. The number of rotatable bonds is 8. The summed E-state index contributed by atoms with van der Waals surface area (Å²) in [5.41, 5.74) is 1.15. The molecule has 0 amide bonds. The van der Waals surface area contributed by atoms with Crippen LogP contribution in [0.5, 0.6) is 0 Å². The molecule has 1 fully saturated rings. The van der Waals surface area contributed by atoms with Gasteiger partial charge in [0.05, 0.1) is 19.3 Å². The van der Waals surface area contributed by atoms with Crippen LogP contribution in [-0.4, -0.2) is 24.6 Å². The molecule has 1 aliphatic heterocycles. The zero-order valence-electron chi connectivity index (χ0n) is 12.2. The van der Waals surface area contributed by atoms with Crippen LogP contribution in [0.1, 0.15) is 44.6 Å². The van der Waals surface area contributed by atoms with Crippen LogP contribution < -0.4 is 0 Å². The van der Waals surface area contributed by atoms with Crippen molar-refractivity contribution in [1.29, 1.82) is 0 Å². The molecule has 0 saturated carbocycles. The Hall–Kier alpha value is -1.19. The maximum absolute atomic E-state index is 11.8. The van der Waals surface area contributed by atoms with Gasteiger partial charge in [0.1, 0.15) is 6.10 Å². The highest BCUT2D eigenvalue weighted by Crippen LogP contribution is 2.21. The van der Waals surface area contributed by atoms with Gasteiger partial charge in [0.15, 0.2) is 5.78 Å². The summed E-state index contributed by atoms with van der Waals surface area (Å²) in [5.74, 6) is 0.245. The quantitative estimate of drug-likeness (QED) is 0.682. The van der Waals surface area contributed by atoms with Crippen LogP contribution in [0.4, 0.5) is 0 Å². The van der Waals surface area contributed by atoms with Gasteiger partial charge < -0.3 is 9.47 Å². The Balaban J connectivity index is 1.66. The van der Waals surface area contributed by atoms with Gasteiger partial charge >= 0.3 is 0 Å². The number of benzene rings is 1. The Bertz CT molecular complexity index is 402. The van der Waals surface area contributed by atoms with Gasteiger partial charge in [0.2, 0.25) is 0 Å². The van der Waals surface area contributed by atoms with E-state index in [0.717, 1.165) is 18.4 Å². The van der Waals surface area contributed by atoms with Crippen molar-refractivity contribution >= 4 is 5.78 Å². The van der Waals surface area contributed by atoms with Gasteiger partial charge in [0.25, 0.3) is 0 Å². The minimum atomic E-state index is -0.188. The van der Waals surface area contributed by atoms with E-state index in [1.165, 1.54) is 12.8 Å². The molecule has 1 heterocycles. The van der Waals surface area contributed by atoms with Crippen molar-refractivity contribution in [2.45, 2.75) is 57.8 Å². The van der Waals surface area contributed by atoms with Crippen LogP contribution in [0.3, 0.4) is 0 Å². The van der Waals surface area contributed by atoms with Crippen molar-refractivity contribution in [3.05, 3.63) is 35.9 Å². The molecule has 2 atom stereocenters. The summed E-state index contributed by atoms with van der Waals surface area (Å²) in [4.78, 5) is 11.8. The van der Waals surface area contributed by atoms with E-state index >= 15 is 0 Å². The summed E-state index contributed by atoms with van der Waals surface area (Å²) < 4.78 is 11.4. The van der Waals surface area contributed by atoms with Gasteiger partial charge in [-0.05, 0) is 12.0 Å². The zero-order chi connectivity index (χ0) is 14.2. The van der Waals surface area contributed by atoms with Crippen molar-refractivity contribution in [3.8, 4) is 0 Å². The summed E-state index contributed by atoms with van der Waals surface area (Å²) in [5, 5.41) is 0. The molecule has 3 heteroatoms. The number of hydrogen-bond donors (Lipinski definition) is 0. The van der Waals surface area contributed by atoms with Crippen LogP contribution in [0.2, 0.25) is 0 Å². The lowest BCUT2D eigenvalue weighted by Crippen LogP contribution is -2.18. The average Bonchev–Trinajstić information content (AvgIpc) is 2.81. The number of carbonyl (C=O) groups excluding carboxylic acids is 1. The van der Waals surface area contributed by atoms with E-state index in [2.05, 4.69) is 6.92 Å². The molecule has 0 bridgehead atoms. The fraction of sp³-hybridized carbons (Fsp3) is 0.588. The average molecular weight is 276 g/mol. The van der Waals surface area contributed by atoms with Crippen LogP contribution >= 0.6 is 0 Å². The second-order valence-electron chi connectivity index (χ2n) is 5.41. The maximum atomic E-state index is 11.8. The van der Waals surface area contributed by atoms with E-state index in [0.29, 0.717) is 19.6 Å². The third kappa shape index (κ3) is 4.73. The molecule has 1 saturated heterocycles. The minimum absolute atomic E-state index is 0.0576. The summed E-state index contributed by atoms with van der Waals surface area (Å²) in [7, 11) is 0. The molecular weight excluding hydrogens is 252 g/mol. The van der Waals surface area contributed by atoms with Crippen molar-refractivity contribution in [3.63, 3.8) is 0 Å². The molecule has 1 aliphatic rings. The molecule has 1 aromatic rings. The molecule has 0 unspecified atom stereocenters. The molecule has 110 valence electrons. The van der Waals surface area contributed by atoms with Gasteiger partial charge in [-0.3, -0.25) is 4.79 Å². The molecule has 3 nitrogen and oxygen atoms in total. The SMILES string of the molecule is CCCCC[C@@H]1O[C@@H](COCc2ccccc2)CC1=O. The fourth-order valence-electron chi connectivity index (χ4n) is 2.50.